The van der Waals surface area contributed by atoms with Crippen LogP contribution in [0, 0.1) is 29.6 Å². The summed E-state index contributed by atoms with van der Waals surface area (Å²) in [7, 11) is 0. The molecule has 2 fully saturated rings. The van der Waals surface area contributed by atoms with Gasteiger partial charge in [-0.15, -0.1) is 0 Å². The lowest BCUT2D eigenvalue weighted by atomic mass is 9.86. The lowest BCUT2D eigenvalue weighted by Crippen LogP contribution is -2.51. The van der Waals surface area contributed by atoms with Crippen LogP contribution in [0.2, 0.25) is 0 Å². The van der Waals surface area contributed by atoms with E-state index >= 15 is 0 Å². The number of hydrogen-bond acceptors (Lipinski definition) is 6. The number of rotatable bonds is 11. The number of alkyl halides is 1. The molecule has 0 aliphatic carbocycles. The first-order valence-electron chi connectivity index (χ1n) is 15.4. The zero-order chi connectivity index (χ0) is 30.6. The molecule has 3 aliphatic heterocycles. The largest absolute Gasteiger partial charge is 0.491 e. The van der Waals surface area contributed by atoms with Gasteiger partial charge in [-0.05, 0) is 82.3 Å². The fourth-order valence-electron chi connectivity index (χ4n) is 5.99. The number of ether oxygens (including phenoxy) is 1. The van der Waals surface area contributed by atoms with Gasteiger partial charge in [-0.1, -0.05) is 17.9 Å². The Morgan fingerprint density at radius 2 is 1.95 bits per heavy atom. The number of likely N-dealkylation sites (tertiary alicyclic amines) is 1. The molecule has 3 N–H and O–H groups in total. The molecule has 4 atom stereocenters. The Hall–Kier alpha value is -3.71. The summed E-state index contributed by atoms with van der Waals surface area (Å²) in [6.45, 7) is 4.35. The third kappa shape index (κ3) is 9.92. The Kier molecular flexibility index (Phi) is 12.2. The monoisotopic (exact) mass is 594 g/mol. The van der Waals surface area contributed by atoms with Crippen molar-refractivity contribution in [3.8, 4) is 17.6 Å². The van der Waals surface area contributed by atoms with Gasteiger partial charge in [-0.2, -0.15) is 0 Å². The Labute approximate surface area is 253 Å². The fraction of sp³-hybridized carbons (Fsp3) is 0.576. The molecular formula is C33H43FN4O5. The summed E-state index contributed by atoms with van der Waals surface area (Å²) >= 11 is 0. The lowest BCUT2D eigenvalue weighted by molar-refractivity contribution is -0.138. The highest BCUT2D eigenvalue weighted by atomic mass is 19.1. The van der Waals surface area contributed by atoms with Crippen LogP contribution in [0.1, 0.15) is 57.4 Å². The molecule has 43 heavy (non-hydrogen) atoms. The van der Waals surface area contributed by atoms with Crippen molar-refractivity contribution in [1.29, 1.82) is 0 Å². The average molecular weight is 595 g/mol. The molecule has 0 saturated carbocycles. The number of benzene rings is 1. The molecule has 4 unspecified atom stereocenters. The Balaban J connectivity index is 1.38. The summed E-state index contributed by atoms with van der Waals surface area (Å²) in [6.07, 6.45) is 8.28. The van der Waals surface area contributed by atoms with Crippen LogP contribution >= 0.6 is 0 Å². The van der Waals surface area contributed by atoms with E-state index in [-0.39, 0.29) is 42.7 Å². The molecule has 0 spiro atoms. The van der Waals surface area contributed by atoms with Crippen molar-refractivity contribution in [1.82, 2.24) is 15.5 Å². The maximum atomic E-state index is 13.4. The molecule has 1 aromatic carbocycles. The third-order valence-electron chi connectivity index (χ3n) is 8.49. The highest BCUT2D eigenvalue weighted by Gasteiger charge is 2.34. The second-order valence-electron chi connectivity index (χ2n) is 11.7. The minimum atomic E-state index is -1.01. The maximum Gasteiger partial charge on any atom is 0.305 e. The molecule has 4 rings (SSSR count). The van der Waals surface area contributed by atoms with Gasteiger partial charge in [0.25, 0.3) is 0 Å². The molecule has 2 amide bonds. The standard InChI is InChI=1S/C33H43FN4O5/c1-23-29(19-26(21-36-23)5-4-24-6-9-28(10-7-24)43-18-14-34)30(20-32(40)41)37-33(42)27-3-2-17-38(22-27)31(39)11-8-25-12-15-35-16-13-25/h6-7,9-10,19,21,23,25,27,29-30,35H,2-3,8,11-18,20,22H2,1H3,(H,37,42)(H,40,41). The van der Waals surface area contributed by atoms with E-state index in [1.54, 1.807) is 30.5 Å². The van der Waals surface area contributed by atoms with E-state index in [9.17, 15) is 23.9 Å². The van der Waals surface area contributed by atoms with Gasteiger partial charge in [-0.3, -0.25) is 19.4 Å². The quantitative estimate of drug-likeness (QED) is 0.338. The summed E-state index contributed by atoms with van der Waals surface area (Å²) in [4.78, 5) is 44.6. The lowest BCUT2D eigenvalue weighted by Gasteiger charge is -2.35. The number of allylic oxidation sites excluding steroid dienone is 1. The van der Waals surface area contributed by atoms with E-state index in [4.69, 9.17) is 4.74 Å². The number of piperidine rings is 2. The van der Waals surface area contributed by atoms with Crippen molar-refractivity contribution in [2.45, 2.75) is 64.0 Å². The summed E-state index contributed by atoms with van der Waals surface area (Å²) in [5.74, 6) is 5.40. The molecular weight excluding hydrogens is 551 g/mol. The SMILES string of the molecule is CC1N=CC(C#Cc2ccc(OCCF)cc2)=CC1C(CC(=O)O)NC(=O)C1CCCN(C(=O)CCC2CCNCC2)C1. The minimum absolute atomic E-state index is 0.00223. The van der Waals surface area contributed by atoms with E-state index in [1.807, 2.05) is 17.9 Å². The van der Waals surface area contributed by atoms with Crippen molar-refractivity contribution in [3.05, 3.63) is 41.5 Å². The van der Waals surface area contributed by atoms with Crippen LogP contribution in [0.25, 0.3) is 0 Å². The van der Waals surface area contributed by atoms with Gasteiger partial charge >= 0.3 is 5.97 Å². The number of carboxylic acids is 1. The fourth-order valence-corrected chi connectivity index (χ4v) is 5.99. The van der Waals surface area contributed by atoms with Gasteiger partial charge in [-0.25, -0.2) is 4.39 Å². The second-order valence-corrected chi connectivity index (χ2v) is 11.7. The highest BCUT2D eigenvalue weighted by molar-refractivity contribution is 5.86. The van der Waals surface area contributed by atoms with E-state index in [1.165, 1.54) is 0 Å². The number of carboxylic acid groups (broad SMARTS) is 1. The molecule has 3 heterocycles. The van der Waals surface area contributed by atoms with Crippen LogP contribution in [0.4, 0.5) is 4.39 Å². The number of carbonyl (C=O) groups is 3. The Morgan fingerprint density at radius 1 is 1.19 bits per heavy atom. The average Bonchev–Trinajstić information content (AvgIpc) is 3.02. The van der Waals surface area contributed by atoms with Crippen LogP contribution in [-0.2, 0) is 14.4 Å². The Morgan fingerprint density at radius 3 is 2.67 bits per heavy atom. The summed E-state index contributed by atoms with van der Waals surface area (Å²) < 4.78 is 17.6. The van der Waals surface area contributed by atoms with Gasteiger partial charge in [0, 0.05) is 48.8 Å². The van der Waals surface area contributed by atoms with E-state index in [0.717, 1.165) is 44.3 Å². The normalized spacial score (nSPS) is 23.0. The van der Waals surface area contributed by atoms with Crippen LogP contribution in [0.15, 0.2) is 40.9 Å². The molecule has 232 valence electrons. The van der Waals surface area contributed by atoms with Crippen LogP contribution < -0.4 is 15.4 Å². The zero-order valence-corrected chi connectivity index (χ0v) is 24.9. The number of dihydropyridines is 1. The number of nitrogens with one attached hydrogen (secondary N) is 2. The number of halogens is 1. The topological polar surface area (TPSA) is 120 Å². The number of carbonyl (C=O) groups excluding carboxylic acids is 2. The molecule has 0 bridgehead atoms. The first kappa shape index (κ1) is 32.2. The third-order valence-corrected chi connectivity index (χ3v) is 8.49. The smallest absolute Gasteiger partial charge is 0.305 e. The highest BCUT2D eigenvalue weighted by Crippen LogP contribution is 2.25. The molecule has 9 nitrogen and oxygen atoms in total. The number of aliphatic carboxylic acids is 1. The molecule has 0 radical (unpaired) electrons. The van der Waals surface area contributed by atoms with Crippen LogP contribution in [0.5, 0.6) is 5.75 Å². The molecule has 1 aromatic rings. The zero-order valence-electron chi connectivity index (χ0n) is 24.9. The van der Waals surface area contributed by atoms with Gasteiger partial charge in [0.15, 0.2) is 0 Å². The predicted molar refractivity (Wildman–Crippen MR) is 163 cm³/mol. The first-order valence-corrected chi connectivity index (χ1v) is 15.4. The van der Waals surface area contributed by atoms with Crippen LogP contribution in [0.3, 0.4) is 0 Å². The summed E-state index contributed by atoms with van der Waals surface area (Å²) in [6, 6.07) is 6.08. The molecule has 10 heteroatoms. The van der Waals surface area contributed by atoms with E-state index < -0.39 is 18.7 Å². The summed E-state index contributed by atoms with van der Waals surface area (Å²) in [5.41, 5.74) is 1.37. The predicted octanol–water partition coefficient (Wildman–Crippen LogP) is 3.38. The second kappa shape index (κ2) is 16.2. The minimum Gasteiger partial charge on any atom is -0.491 e. The molecule has 3 aliphatic rings. The van der Waals surface area contributed by atoms with Crippen molar-refractivity contribution in [2.75, 3.05) is 39.5 Å². The first-order chi connectivity index (χ1) is 20.8. The number of nitrogens with zero attached hydrogens (tertiary/aromatic N) is 2. The van der Waals surface area contributed by atoms with Crippen molar-refractivity contribution >= 4 is 24.0 Å². The number of hydrogen-bond donors (Lipinski definition) is 3. The van der Waals surface area contributed by atoms with Crippen LogP contribution in [-0.4, -0.2) is 85.5 Å². The van der Waals surface area contributed by atoms with Crippen molar-refractivity contribution in [2.24, 2.45) is 22.7 Å². The summed E-state index contributed by atoms with van der Waals surface area (Å²) in [5, 5.41) is 16.0. The molecule has 0 aromatic heterocycles. The number of amides is 2. The van der Waals surface area contributed by atoms with E-state index in [2.05, 4.69) is 27.5 Å². The van der Waals surface area contributed by atoms with Crippen molar-refractivity contribution in [3.63, 3.8) is 0 Å². The van der Waals surface area contributed by atoms with Gasteiger partial charge in [0.2, 0.25) is 11.8 Å². The van der Waals surface area contributed by atoms with E-state index in [0.29, 0.717) is 43.2 Å². The Bertz CT molecular complexity index is 1230. The maximum absolute atomic E-state index is 13.4. The van der Waals surface area contributed by atoms with Crippen molar-refractivity contribution < 1.29 is 28.6 Å². The number of aliphatic imine (C=N–C) groups is 1. The molecule has 2 saturated heterocycles. The van der Waals surface area contributed by atoms with Gasteiger partial charge in [0.05, 0.1) is 18.4 Å². The van der Waals surface area contributed by atoms with Gasteiger partial charge < -0.3 is 25.4 Å². The van der Waals surface area contributed by atoms with Gasteiger partial charge in [0.1, 0.15) is 19.0 Å².